The number of carbonyl (C=O) groups is 1. The van der Waals surface area contributed by atoms with Crippen LogP contribution in [0.2, 0.25) is 0 Å². The summed E-state index contributed by atoms with van der Waals surface area (Å²) < 4.78 is 101. The van der Waals surface area contributed by atoms with Crippen molar-refractivity contribution in [1.29, 1.82) is 0 Å². The third kappa shape index (κ3) is 13.6. The molecule has 53 heavy (non-hydrogen) atoms. The topological polar surface area (TPSA) is 173 Å². The number of allylic oxidation sites excluding steroid dienone is 1. The third-order valence-electron chi connectivity index (χ3n) is 8.93. The van der Waals surface area contributed by atoms with Gasteiger partial charge in [-0.05, 0) is 13.3 Å². The zero-order valence-corrected chi connectivity index (χ0v) is 40.3. The van der Waals surface area contributed by atoms with Crippen molar-refractivity contribution in [3.8, 4) is 0 Å². The van der Waals surface area contributed by atoms with Crippen molar-refractivity contribution in [2.75, 3.05) is 26.4 Å². The highest BCUT2D eigenvalue weighted by molar-refractivity contribution is 7.25. The molecule has 3 aliphatic rings. The van der Waals surface area contributed by atoms with E-state index in [9.17, 15) is 9.36 Å². The van der Waals surface area contributed by atoms with E-state index in [0.717, 1.165) is 0 Å². The van der Waals surface area contributed by atoms with E-state index in [1.807, 2.05) is 19.1 Å². The summed E-state index contributed by atoms with van der Waals surface area (Å²) in [4.78, 5) is 11.6. The largest absolute Gasteiger partial charge is 0.363 e. The highest BCUT2D eigenvalue weighted by Gasteiger charge is 2.56. The number of Topliss-reactive ketones (excluding diaryl/α,β-unsaturated/α-hetero) is 1. The molecule has 0 aromatic carbocycles. The molecule has 0 spiro atoms. The SMILES string of the molecule is CC(=O)C(C)CC=CCOC1OC(COP)C(OC2OC(COP)C(O[C@H]3OC(COP)[C@H](OP)[C@@H](OP)C3P=O)[C@H](OP)[C@@H]2OP)[C@H](OP)[C@@H]1OP. The minimum atomic E-state index is -1.13. The number of carbonyl (C=O) groups excluding carboxylic acids is 1. The van der Waals surface area contributed by atoms with E-state index in [1.165, 1.54) is 0 Å². The van der Waals surface area contributed by atoms with Gasteiger partial charge in [0.15, 0.2) is 27.3 Å². The first-order valence-corrected chi connectivity index (χ1v) is 21.2. The van der Waals surface area contributed by atoms with Crippen LogP contribution in [0, 0.1) is 5.92 Å². The van der Waals surface area contributed by atoms with Gasteiger partial charge in [0.05, 0.1) is 26.4 Å². The number of ketones is 1. The van der Waals surface area contributed by atoms with Crippen LogP contribution in [-0.4, -0.2) is 124 Å². The van der Waals surface area contributed by atoms with Gasteiger partial charge >= 0.3 is 0 Å². The fraction of sp³-hybridized carbons (Fsp3) is 0.885. The maximum Gasteiger partial charge on any atom is 0.187 e. The van der Waals surface area contributed by atoms with Crippen molar-refractivity contribution in [2.24, 2.45) is 5.92 Å². The Hall–Kier alpha value is 2.78. The summed E-state index contributed by atoms with van der Waals surface area (Å²) in [5.41, 5.74) is -0.837. The highest BCUT2D eigenvalue weighted by Crippen LogP contribution is 2.41. The van der Waals surface area contributed by atoms with Crippen LogP contribution in [0.1, 0.15) is 20.3 Å². The lowest BCUT2D eigenvalue weighted by Gasteiger charge is -2.50. The molecule has 27 heteroatoms. The smallest absolute Gasteiger partial charge is 0.187 e. The van der Waals surface area contributed by atoms with Crippen LogP contribution in [0.4, 0.5) is 0 Å². The minimum Gasteiger partial charge on any atom is -0.363 e. The van der Waals surface area contributed by atoms with Gasteiger partial charge in [0.1, 0.15) is 78.6 Å². The maximum absolute atomic E-state index is 12.5. The molecule has 25 atom stereocenters. The van der Waals surface area contributed by atoms with Gasteiger partial charge < -0.3 is 69.1 Å². The predicted molar refractivity (Wildman–Crippen MR) is 221 cm³/mol. The molecule has 0 saturated carbocycles. The van der Waals surface area contributed by atoms with Crippen LogP contribution < -0.4 is 0 Å². The van der Waals surface area contributed by atoms with E-state index >= 15 is 0 Å². The number of rotatable bonds is 23. The van der Waals surface area contributed by atoms with Crippen LogP contribution in [0.5, 0.6) is 0 Å². The van der Waals surface area contributed by atoms with E-state index in [0.29, 0.717) is 6.42 Å². The van der Waals surface area contributed by atoms with Crippen molar-refractivity contribution >= 4 is 99.4 Å². The minimum absolute atomic E-state index is 0.0103. The van der Waals surface area contributed by atoms with E-state index in [-0.39, 0.29) is 46.6 Å². The summed E-state index contributed by atoms with van der Waals surface area (Å²) in [6, 6.07) is 0. The molecule has 308 valence electrons. The first-order valence-electron chi connectivity index (χ1n) is 16.1. The molecular weight excluding hydrogens is 894 g/mol. The van der Waals surface area contributed by atoms with Gasteiger partial charge in [0, 0.05) is 91.1 Å². The van der Waals surface area contributed by atoms with Crippen LogP contribution in [0.15, 0.2) is 12.2 Å². The molecule has 3 saturated heterocycles. The Labute approximate surface area is 333 Å². The summed E-state index contributed by atoms with van der Waals surface area (Å²) in [6.07, 6.45) is -7.77. The maximum atomic E-state index is 12.5. The molecule has 3 fully saturated rings. The quantitative estimate of drug-likeness (QED) is 0.108. The monoisotopic (exact) mass is 946 g/mol. The lowest BCUT2D eigenvalue weighted by atomic mass is 9.96. The molecule has 0 bridgehead atoms. The zero-order valence-electron chi connectivity index (χ0n) is 29.0. The molecular formula is C26H52O17P10. The number of hydrogen-bond acceptors (Lipinski definition) is 17. The molecule has 18 unspecified atom stereocenters. The molecule has 3 rings (SSSR count). The van der Waals surface area contributed by atoms with E-state index in [4.69, 9.17) is 69.1 Å². The summed E-state index contributed by atoms with van der Waals surface area (Å²) >= 11 is 0. The van der Waals surface area contributed by atoms with Crippen molar-refractivity contribution < 1.29 is 78.5 Å². The number of ether oxygens (including phenoxy) is 6. The fourth-order valence-electron chi connectivity index (χ4n) is 6.05. The third-order valence-corrected chi connectivity index (χ3v) is 12.2. The van der Waals surface area contributed by atoms with E-state index in [2.05, 4.69) is 85.2 Å². The lowest BCUT2D eigenvalue weighted by Crippen LogP contribution is -2.66. The summed E-state index contributed by atoms with van der Waals surface area (Å²) in [5, 5.41) is 0. The van der Waals surface area contributed by atoms with Crippen molar-refractivity contribution in [3.05, 3.63) is 12.2 Å². The summed E-state index contributed by atoms with van der Waals surface area (Å²) in [6.45, 7) is 3.75. The molecule has 0 aromatic heterocycles. The molecule has 0 radical (unpaired) electrons. The molecule has 3 heterocycles. The van der Waals surface area contributed by atoms with Gasteiger partial charge in [-0.1, -0.05) is 19.1 Å². The average molecular weight is 946 g/mol. The lowest BCUT2D eigenvalue weighted by molar-refractivity contribution is -0.360. The van der Waals surface area contributed by atoms with Gasteiger partial charge in [-0.15, -0.1) is 0 Å². The molecule has 3 aliphatic heterocycles. The van der Waals surface area contributed by atoms with Crippen LogP contribution in [0.25, 0.3) is 0 Å². The van der Waals surface area contributed by atoms with Crippen LogP contribution in [0.3, 0.4) is 0 Å². The Morgan fingerprint density at radius 2 is 1.04 bits per heavy atom. The Morgan fingerprint density at radius 1 is 0.604 bits per heavy atom. The Balaban J connectivity index is 1.86. The van der Waals surface area contributed by atoms with Crippen LogP contribution >= 0.6 is 93.7 Å². The molecule has 0 N–H and O–H groups in total. The van der Waals surface area contributed by atoms with E-state index in [1.54, 1.807) is 6.92 Å². The highest BCUT2D eigenvalue weighted by atomic mass is 31.1. The van der Waals surface area contributed by atoms with Gasteiger partial charge in [-0.3, -0.25) is 9.36 Å². The standard InChI is InChI=1S/C26H52O17P10/c1-10(11(2)27)5-3-4-6-29-24-21(42-51)18(39-48)15(12(33-24)7-30-44)36-25-22(43-52)19(40-49)16(13(34-25)8-31-45)37-26-23(53-28)20(41-50)17(38-47)14(35-26)9-32-46/h3-4,10,12-26H,5-9,44-52H2,1-2H3/t10?,12?,13?,14?,15?,16?,17-,18-,19-,20+,21-,22-,23?,24?,25?,26+/m0/s1. The number of hydrogen-bond donors (Lipinski definition) is 0. The predicted octanol–water partition coefficient (Wildman–Crippen LogP) is 3.25. The Morgan fingerprint density at radius 3 is 1.49 bits per heavy atom. The van der Waals surface area contributed by atoms with Gasteiger partial charge in [0.2, 0.25) is 0 Å². The first-order chi connectivity index (χ1) is 25.6. The Kier molecular flexibility index (Phi) is 25.4. The second-order valence-electron chi connectivity index (χ2n) is 12.1. The second-order valence-corrected chi connectivity index (χ2v) is 15.5. The van der Waals surface area contributed by atoms with Gasteiger partial charge in [0.25, 0.3) is 0 Å². The Bertz CT molecular complexity index is 1110. The summed E-state index contributed by atoms with van der Waals surface area (Å²) in [5.74, 6) is 0.0124. The fourth-order valence-corrected chi connectivity index (χ4v) is 9.19. The molecule has 17 nitrogen and oxygen atoms in total. The van der Waals surface area contributed by atoms with Crippen molar-refractivity contribution in [2.45, 2.75) is 112 Å². The second kappa shape index (κ2) is 26.9. The van der Waals surface area contributed by atoms with Gasteiger partial charge in [-0.25, -0.2) is 0 Å². The van der Waals surface area contributed by atoms with Gasteiger partial charge in [-0.2, -0.15) is 0 Å². The normalized spacial score (nSPS) is 38.7. The zero-order chi connectivity index (χ0) is 39.1. The molecule has 0 amide bonds. The average Bonchev–Trinajstić information content (AvgIpc) is 3.15. The first kappa shape index (κ1) is 50.1. The van der Waals surface area contributed by atoms with E-state index < -0.39 is 91.7 Å². The van der Waals surface area contributed by atoms with Crippen molar-refractivity contribution in [3.63, 3.8) is 0 Å². The van der Waals surface area contributed by atoms with Crippen LogP contribution in [-0.2, 0) is 78.5 Å². The molecule has 0 aliphatic carbocycles. The van der Waals surface area contributed by atoms with Crippen molar-refractivity contribution in [1.82, 2.24) is 0 Å². The summed E-state index contributed by atoms with van der Waals surface area (Å²) in [7, 11) is 19.4. The molecule has 0 aromatic rings.